The number of hydrogen-bond donors (Lipinski definition) is 2. The van der Waals surface area contributed by atoms with Gasteiger partial charge in [0.25, 0.3) is 0 Å². The Kier molecular flexibility index (Phi) is 18.3. The SMILES string of the molecule is CCNC(=NCCCOCC1CCOCC1)NCCCCCC(=O)OC.I. The molecule has 1 heterocycles. The summed E-state index contributed by atoms with van der Waals surface area (Å²) in [4.78, 5) is 15.6. The minimum atomic E-state index is -0.133. The van der Waals surface area contributed by atoms with E-state index < -0.39 is 0 Å². The fraction of sp³-hybridized carbons (Fsp3) is 0.895. The summed E-state index contributed by atoms with van der Waals surface area (Å²) < 4.78 is 15.8. The van der Waals surface area contributed by atoms with Gasteiger partial charge in [0.15, 0.2) is 5.96 Å². The predicted molar refractivity (Wildman–Crippen MR) is 119 cm³/mol. The number of nitrogens with one attached hydrogen (secondary N) is 2. The van der Waals surface area contributed by atoms with Crippen molar-refractivity contribution in [1.29, 1.82) is 0 Å². The Morgan fingerprint density at radius 2 is 1.93 bits per heavy atom. The molecule has 0 bridgehead atoms. The first kappa shape index (κ1) is 26.4. The van der Waals surface area contributed by atoms with Crippen molar-refractivity contribution in [3.8, 4) is 0 Å². The summed E-state index contributed by atoms with van der Waals surface area (Å²) in [5.41, 5.74) is 0. The lowest BCUT2D eigenvalue weighted by molar-refractivity contribution is -0.140. The molecule has 160 valence electrons. The normalized spacial score (nSPS) is 15.1. The van der Waals surface area contributed by atoms with Crippen molar-refractivity contribution < 1.29 is 19.0 Å². The van der Waals surface area contributed by atoms with E-state index in [1.54, 1.807) is 0 Å². The van der Waals surface area contributed by atoms with Crippen LogP contribution in [0, 0.1) is 5.92 Å². The smallest absolute Gasteiger partial charge is 0.305 e. The molecule has 27 heavy (non-hydrogen) atoms. The van der Waals surface area contributed by atoms with Crippen LogP contribution in [0.1, 0.15) is 51.9 Å². The van der Waals surface area contributed by atoms with E-state index in [-0.39, 0.29) is 29.9 Å². The van der Waals surface area contributed by atoms with Gasteiger partial charge in [0.1, 0.15) is 0 Å². The summed E-state index contributed by atoms with van der Waals surface area (Å²) in [5, 5.41) is 6.59. The molecule has 1 saturated heterocycles. The summed E-state index contributed by atoms with van der Waals surface area (Å²) >= 11 is 0. The van der Waals surface area contributed by atoms with Gasteiger partial charge in [-0.05, 0) is 44.9 Å². The number of guanidine groups is 1. The number of carbonyl (C=O) groups is 1. The second-order valence-corrected chi connectivity index (χ2v) is 6.56. The first-order chi connectivity index (χ1) is 12.8. The second-order valence-electron chi connectivity index (χ2n) is 6.56. The topological polar surface area (TPSA) is 81.2 Å². The zero-order chi connectivity index (χ0) is 18.9. The van der Waals surface area contributed by atoms with E-state index in [0.29, 0.717) is 12.3 Å². The van der Waals surface area contributed by atoms with Crippen molar-refractivity contribution in [2.45, 2.75) is 51.9 Å². The molecule has 0 aromatic heterocycles. The van der Waals surface area contributed by atoms with Crippen LogP contribution in [0.5, 0.6) is 0 Å². The van der Waals surface area contributed by atoms with Gasteiger partial charge in [-0.1, -0.05) is 6.42 Å². The fourth-order valence-corrected chi connectivity index (χ4v) is 2.74. The molecular formula is C19H38IN3O4. The summed E-state index contributed by atoms with van der Waals surface area (Å²) in [7, 11) is 1.43. The average molecular weight is 499 g/mol. The third-order valence-corrected chi connectivity index (χ3v) is 4.33. The molecule has 7 nitrogen and oxygen atoms in total. The van der Waals surface area contributed by atoms with Crippen LogP contribution in [-0.4, -0.2) is 65.1 Å². The Labute approximate surface area is 181 Å². The number of hydrogen-bond acceptors (Lipinski definition) is 5. The van der Waals surface area contributed by atoms with Gasteiger partial charge in [-0.2, -0.15) is 0 Å². The standard InChI is InChI=1S/C19H37N3O4.HI/c1-3-20-19(21-11-6-4-5-8-18(23)24-2)22-12-7-13-26-16-17-9-14-25-15-10-17;/h17H,3-16H2,1-2H3,(H2,20,21,22);1H. The minimum absolute atomic E-state index is 0. The van der Waals surface area contributed by atoms with Gasteiger partial charge < -0.3 is 24.8 Å². The second kappa shape index (κ2) is 18.7. The largest absolute Gasteiger partial charge is 0.469 e. The number of esters is 1. The molecular weight excluding hydrogens is 461 g/mol. The van der Waals surface area contributed by atoms with Crippen molar-refractivity contribution in [2.75, 3.05) is 53.2 Å². The van der Waals surface area contributed by atoms with Gasteiger partial charge in [-0.15, -0.1) is 24.0 Å². The van der Waals surface area contributed by atoms with E-state index >= 15 is 0 Å². The highest BCUT2D eigenvalue weighted by Gasteiger charge is 2.13. The predicted octanol–water partition coefficient (Wildman–Crippen LogP) is 2.73. The number of methoxy groups -OCH3 is 1. The monoisotopic (exact) mass is 499 g/mol. The van der Waals surface area contributed by atoms with Gasteiger partial charge in [0.2, 0.25) is 0 Å². The quantitative estimate of drug-likeness (QED) is 0.133. The number of halogens is 1. The Bertz CT molecular complexity index is 391. The molecule has 0 atom stereocenters. The number of unbranched alkanes of at least 4 members (excludes halogenated alkanes) is 2. The molecule has 0 aromatic carbocycles. The molecule has 1 aliphatic rings. The molecule has 0 amide bonds. The van der Waals surface area contributed by atoms with Crippen molar-refractivity contribution in [3.05, 3.63) is 0 Å². The highest BCUT2D eigenvalue weighted by molar-refractivity contribution is 14.0. The molecule has 0 saturated carbocycles. The number of carbonyl (C=O) groups excluding carboxylic acids is 1. The third-order valence-electron chi connectivity index (χ3n) is 4.33. The molecule has 1 fully saturated rings. The van der Waals surface area contributed by atoms with Crippen LogP contribution in [0.15, 0.2) is 4.99 Å². The van der Waals surface area contributed by atoms with Crippen LogP contribution in [0.25, 0.3) is 0 Å². The summed E-state index contributed by atoms with van der Waals surface area (Å²) in [6.07, 6.45) is 6.54. The summed E-state index contributed by atoms with van der Waals surface area (Å²) in [6.45, 7) is 7.86. The number of nitrogens with zero attached hydrogens (tertiary/aromatic N) is 1. The summed E-state index contributed by atoms with van der Waals surface area (Å²) in [5.74, 6) is 1.38. The maximum atomic E-state index is 11.0. The minimum Gasteiger partial charge on any atom is -0.469 e. The Morgan fingerprint density at radius 3 is 2.63 bits per heavy atom. The average Bonchev–Trinajstić information content (AvgIpc) is 2.67. The highest BCUT2D eigenvalue weighted by atomic mass is 127. The van der Waals surface area contributed by atoms with E-state index in [1.807, 2.05) is 0 Å². The van der Waals surface area contributed by atoms with E-state index in [2.05, 4.69) is 27.3 Å². The van der Waals surface area contributed by atoms with Crippen LogP contribution >= 0.6 is 24.0 Å². The molecule has 1 aliphatic heterocycles. The van der Waals surface area contributed by atoms with Gasteiger partial charge in [0, 0.05) is 52.5 Å². The van der Waals surface area contributed by atoms with E-state index in [9.17, 15) is 4.79 Å². The lowest BCUT2D eigenvalue weighted by atomic mass is 10.0. The molecule has 1 rings (SSSR count). The van der Waals surface area contributed by atoms with E-state index in [0.717, 1.165) is 90.5 Å². The first-order valence-corrected chi connectivity index (χ1v) is 10.0. The number of rotatable bonds is 13. The van der Waals surface area contributed by atoms with Gasteiger partial charge in [-0.3, -0.25) is 9.79 Å². The number of ether oxygens (including phenoxy) is 3. The molecule has 0 aliphatic carbocycles. The van der Waals surface area contributed by atoms with E-state index in [1.165, 1.54) is 7.11 Å². The van der Waals surface area contributed by atoms with E-state index in [4.69, 9.17) is 9.47 Å². The molecule has 0 radical (unpaired) electrons. The van der Waals surface area contributed by atoms with Crippen LogP contribution in [0.3, 0.4) is 0 Å². The zero-order valence-electron chi connectivity index (χ0n) is 17.0. The molecule has 0 unspecified atom stereocenters. The van der Waals surface area contributed by atoms with Gasteiger partial charge >= 0.3 is 5.97 Å². The maximum absolute atomic E-state index is 11.0. The first-order valence-electron chi connectivity index (χ1n) is 10.0. The maximum Gasteiger partial charge on any atom is 0.305 e. The van der Waals surface area contributed by atoms with Crippen LogP contribution < -0.4 is 10.6 Å². The third kappa shape index (κ3) is 15.0. The molecule has 0 aromatic rings. The Balaban J connectivity index is 0.00000676. The number of aliphatic imine (C=N–C) groups is 1. The van der Waals surface area contributed by atoms with Crippen LogP contribution in [0.2, 0.25) is 0 Å². The molecule has 8 heteroatoms. The summed E-state index contributed by atoms with van der Waals surface area (Å²) in [6, 6.07) is 0. The van der Waals surface area contributed by atoms with Crippen molar-refractivity contribution in [2.24, 2.45) is 10.9 Å². The van der Waals surface area contributed by atoms with Gasteiger partial charge in [0.05, 0.1) is 7.11 Å². The van der Waals surface area contributed by atoms with Crippen LogP contribution in [-0.2, 0) is 19.0 Å². The van der Waals surface area contributed by atoms with Crippen molar-refractivity contribution in [1.82, 2.24) is 10.6 Å². The van der Waals surface area contributed by atoms with Crippen molar-refractivity contribution in [3.63, 3.8) is 0 Å². The highest BCUT2D eigenvalue weighted by Crippen LogP contribution is 2.14. The molecule has 0 spiro atoms. The lowest BCUT2D eigenvalue weighted by Crippen LogP contribution is -2.37. The Morgan fingerprint density at radius 1 is 1.15 bits per heavy atom. The Hall–Kier alpha value is -0.610. The van der Waals surface area contributed by atoms with Crippen LogP contribution in [0.4, 0.5) is 0 Å². The lowest BCUT2D eigenvalue weighted by Gasteiger charge is -2.21. The van der Waals surface area contributed by atoms with Crippen molar-refractivity contribution >= 4 is 35.9 Å². The van der Waals surface area contributed by atoms with Gasteiger partial charge in [-0.25, -0.2) is 0 Å². The molecule has 2 N–H and O–H groups in total. The fourth-order valence-electron chi connectivity index (χ4n) is 2.74. The zero-order valence-corrected chi connectivity index (χ0v) is 19.3.